The van der Waals surface area contributed by atoms with Crippen LogP contribution in [0.3, 0.4) is 0 Å². The Bertz CT molecular complexity index is 110. The molecular formula is C7H11N. The predicted molar refractivity (Wildman–Crippen MR) is 34.1 cm³/mol. The van der Waals surface area contributed by atoms with Gasteiger partial charge in [0.15, 0.2) is 0 Å². The molecule has 1 fully saturated rings. The minimum atomic E-state index is 0.500. The Balaban J connectivity index is 2.29. The van der Waals surface area contributed by atoms with Crippen molar-refractivity contribution in [3.63, 3.8) is 0 Å². The molecule has 1 rings (SSSR count). The first-order valence-corrected chi connectivity index (χ1v) is 3.04. The SMILES string of the molecule is C#C[C@@H]1CC[C@H]1CN. The van der Waals surface area contributed by atoms with E-state index in [1.54, 1.807) is 0 Å². The van der Waals surface area contributed by atoms with E-state index in [-0.39, 0.29) is 0 Å². The van der Waals surface area contributed by atoms with E-state index in [0.717, 1.165) is 6.54 Å². The van der Waals surface area contributed by atoms with Crippen LogP contribution in [0.2, 0.25) is 0 Å². The standard InChI is InChI=1S/C7H11N/c1-2-6-3-4-7(6)5-8/h1,6-7H,3-5,8H2/t6-,7+/m1/s1. The summed E-state index contributed by atoms with van der Waals surface area (Å²) in [7, 11) is 0. The van der Waals surface area contributed by atoms with E-state index in [0.29, 0.717) is 11.8 Å². The second-order valence-electron chi connectivity index (χ2n) is 2.35. The molecule has 2 N–H and O–H groups in total. The molecule has 0 unspecified atom stereocenters. The lowest BCUT2D eigenvalue weighted by Gasteiger charge is -2.31. The average Bonchev–Trinajstić information content (AvgIpc) is 1.66. The minimum Gasteiger partial charge on any atom is -0.330 e. The van der Waals surface area contributed by atoms with Crippen molar-refractivity contribution in [3.8, 4) is 12.3 Å². The van der Waals surface area contributed by atoms with Gasteiger partial charge in [0.25, 0.3) is 0 Å². The van der Waals surface area contributed by atoms with Crippen LogP contribution < -0.4 is 5.73 Å². The Morgan fingerprint density at radius 1 is 1.62 bits per heavy atom. The Hall–Kier alpha value is -0.480. The Labute approximate surface area is 50.3 Å². The lowest BCUT2D eigenvalue weighted by molar-refractivity contribution is 0.246. The summed E-state index contributed by atoms with van der Waals surface area (Å²) in [5.41, 5.74) is 5.40. The summed E-state index contributed by atoms with van der Waals surface area (Å²) in [6.45, 7) is 0.773. The van der Waals surface area contributed by atoms with Crippen molar-refractivity contribution < 1.29 is 0 Å². The van der Waals surface area contributed by atoms with E-state index < -0.39 is 0 Å². The molecule has 0 bridgehead atoms. The molecule has 1 aliphatic rings. The summed E-state index contributed by atoms with van der Waals surface area (Å²) in [5, 5.41) is 0. The van der Waals surface area contributed by atoms with Gasteiger partial charge in [-0.2, -0.15) is 0 Å². The summed E-state index contributed by atoms with van der Waals surface area (Å²) in [6.07, 6.45) is 7.63. The number of nitrogens with two attached hydrogens (primary N) is 1. The molecule has 44 valence electrons. The minimum absolute atomic E-state index is 0.500. The van der Waals surface area contributed by atoms with Crippen LogP contribution in [-0.4, -0.2) is 6.54 Å². The summed E-state index contributed by atoms with van der Waals surface area (Å²) >= 11 is 0. The van der Waals surface area contributed by atoms with Gasteiger partial charge in [-0.15, -0.1) is 12.3 Å². The Morgan fingerprint density at radius 2 is 2.38 bits per heavy atom. The zero-order chi connectivity index (χ0) is 5.98. The Morgan fingerprint density at radius 3 is 2.50 bits per heavy atom. The number of hydrogen-bond acceptors (Lipinski definition) is 1. The molecule has 0 amide bonds. The van der Waals surface area contributed by atoms with Gasteiger partial charge >= 0.3 is 0 Å². The van der Waals surface area contributed by atoms with Gasteiger partial charge in [0, 0.05) is 5.92 Å². The molecule has 0 aromatic heterocycles. The van der Waals surface area contributed by atoms with Gasteiger partial charge in [-0.25, -0.2) is 0 Å². The largest absolute Gasteiger partial charge is 0.330 e. The van der Waals surface area contributed by atoms with E-state index in [9.17, 15) is 0 Å². The van der Waals surface area contributed by atoms with Crippen LogP contribution >= 0.6 is 0 Å². The lowest BCUT2D eigenvalue weighted by atomic mass is 9.74. The molecule has 0 aromatic rings. The highest BCUT2D eigenvalue weighted by molar-refractivity contribution is 5.02. The molecule has 0 spiro atoms. The van der Waals surface area contributed by atoms with Gasteiger partial charge in [-0.05, 0) is 25.3 Å². The van der Waals surface area contributed by atoms with Gasteiger partial charge in [0.2, 0.25) is 0 Å². The van der Waals surface area contributed by atoms with Gasteiger partial charge in [0.05, 0.1) is 0 Å². The second-order valence-corrected chi connectivity index (χ2v) is 2.35. The highest BCUT2D eigenvalue weighted by atomic mass is 14.6. The first-order chi connectivity index (χ1) is 3.88. The molecule has 2 atom stereocenters. The zero-order valence-corrected chi connectivity index (χ0v) is 4.93. The number of hydrogen-bond donors (Lipinski definition) is 1. The fourth-order valence-electron chi connectivity index (χ4n) is 1.07. The highest BCUT2D eigenvalue weighted by Gasteiger charge is 2.26. The maximum absolute atomic E-state index is 5.40. The second kappa shape index (κ2) is 2.19. The molecular weight excluding hydrogens is 98.1 g/mol. The summed E-state index contributed by atoms with van der Waals surface area (Å²) < 4.78 is 0. The molecule has 1 heteroatoms. The average molecular weight is 109 g/mol. The topological polar surface area (TPSA) is 26.0 Å². The molecule has 1 aliphatic carbocycles. The maximum Gasteiger partial charge on any atom is 0.0240 e. The van der Waals surface area contributed by atoms with Gasteiger partial charge in [-0.1, -0.05) is 0 Å². The third kappa shape index (κ3) is 0.719. The van der Waals surface area contributed by atoms with E-state index >= 15 is 0 Å². The molecule has 0 aliphatic heterocycles. The zero-order valence-electron chi connectivity index (χ0n) is 4.93. The van der Waals surface area contributed by atoms with Crippen LogP contribution in [0.25, 0.3) is 0 Å². The molecule has 8 heavy (non-hydrogen) atoms. The van der Waals surface area contributed by atoms with Gasteiger partial charge in [-0.3, -0.25) is 0 Å². The predicted octanol–water partition coefficient (Wildman–Crippen LogP) is 0.605. The van der Waals surface area contributed by atoms with E-state index in [2.05, 4.69) is 5.92 Å². The van der Waals surface area contributed by atoms with Crippen LogP contribution in [0.1, 0.15) is 12.8 Å². The van der Waals surface area contributed by atoms with Crippen molar-refractivity contribution in [3.05, 3.63) is 0 Å². The van der Waals surface area contributed by atoms with Crippen LogP contribution in [-0.2, 0) is 0 Å². The summed E-state index contributed by atoms with van der Waals surface area (Å²) in [4.78, 5) is 0. The smallest absolute Gasteiger partial charge is 0.0240 e. The van der Waals surface area contributed by atoms with Crippen molar-refractivity contribution >= 4 is 0 Å². The Kier molecular flexibility index (Phi) is 1.55. The van der Waals surface area contributed by atoms with Crippen LogP contribution in [0.4, 0.5) is 0 Å². The van der Waals surface area contributed by atoms with E-state index in [4.69, 9.17) is 12.2 Å². The first kappa shape index (κ1) is 5.65. The van der Waals surface area contributed by atoms with Crippen molar-refractivity contribution in [1.29, 1.82) is 0 Å². The van der Waals surface area contributed by atoms with Crippen LogP contribution in [0.15, 0.2) is 0 Å². The third-order valence-corrected chi connectivity index (χ3v) is 1.93. The molecule has 1 saturated carbocycles. The van der Waals surface area contributed by atoms with E-state index in [1.807, 2.05) is 0 Å². The fourth-order valence-corrected chi connectivity index (χ4v) is 1.07. The van der Waals surface area contributed by atoms with Gasteiger partial charge < -0.3 is 5.73 Å². The van der Waals surface area contributed by atoms with Gasteiger partial charge in [0.1, 0.15) is 0 Å². The number of terminal acetylenes is 1. The maximum atomic E-state index is 5.40. The third-order valence-electron chi connectivity index (χ3n) is 1.93. The van der Waals surface area contributed by atoms with Crippen molar-refractivity contribution in [2.45, 2.75) is 12.8 Å². The molecule has 1 nitrogen and oxygen atoms in total. The quantitative estimate of drug-likeness (QED) is 0.490. The molecule has 0 radical (unpaired) electrons. The lowest BCUT2D eigenvalue weighted by Crippen LogP contribution is -2.31. The number of rotatable bonds is 1. The molecule has 0 saturated heterocycles. The first-order valence-electron chi connectivity index (χ1n) is 3.04. The van der Waals surface area contributed by atoms with Crippen LogP contribution in [0.5, 0.6) is 0 Å². The summed E-state index contributed by atoms with van der Waals surface area (Å²) in [5.74, 6) is 3.86. The highest BCUT2D eigenvalue weighted by Crippen LogP contribution is 2.32. The summed E-state index contributed by atoms with van der Waals surface area (Å²) in [6, 6.07) is 0. The fraction of sp³-hybridized carbons (Fsp3) is 0.714. The van der Waals surface area contributed by atoms with E-state index in [1.165, 1.54) is 12.8 Å². The molecule has 0 heterocycles. The van der Waals surface area contributed by atoms with Crippen molar-refractivity contribution in [2.24, 2.45) is 17.6 Å². The molecule has 0 aromatic carbocycles. The van der Waals surface area contributed by atoms with Crippen molar-refractivity contribution in [1.82, 2.24) is 0 Å². The van der Waals surface area contributed by atoms with Crippen molar-refractivity contribution in [2.75, 3.05) is 6.54 Å². The van der Waals surface area contributed by atoms with Crippen LogP contribution in [0, 0.1) is 24.2 Å². The normalized spacial score (nSPS) is 35.5. The monoisotopic (exact) mass is 109 g/mol.